The minimum Gasteiger partial charge on any atom is -0.495 e. The van der Waals surface area contributed by atoms with Gasteiger partial charge in [-0.3, -0.25) is 4.79 Å². The predicted molar refractivity (Wildman–Crippen MR) is 149 cm³/mol. The van der Waals surface area contributed by atoms with E-state index in [4.69, 9.17) is 18.9 Å². The zero-order chi connectivity index (χ0) is 26.4. The molecule has 0 atom stereocenters. The zero-order valence-corrected chi connectivity index (χ0v) is 21.6. The number of ether oxygens (including phenoxy) is 4. The molecule has 0 saturated carbocycles. The van der Waals surface area contributed by atoms with Crippen molar-refractivity contribution in [3.8, 4) is 23.0 Å². The van der Waals surface area contributed by atoms with Gasteiger partial charge in [-0.1, -0.05) is 36.4 Å². The number of amides is 1. The predicted octanol–water partition coefficient (Wildman–Crippen LogP) is 6.04. The lowest BCUT2D eigenvalue weighted by Crippen LogP contribution is -2.08. The van der Waals surface area contributed by atoms with Crippen molar-refractivity contribution < 1.29 is 23.7 Å². The van der Waals surface area contributed by atoms with Gasteiger partial charge in [0.15, 0.2) is 11.5 Å². The maximum Gasteiger partial charge on any atom is 0.248 e. The summed E-state index contributed by atoms with van der Waals surface area (Å²) in [7, 11) is 8.30. The van der Waals surface area contributed by atoms with Crippen molar-refractivity contribution in [1.82, 2.24) is 4.57 Å². The maximum atomic E-state index is 12.7. The Labute approximate surface area is 216 Å². The van der Waals surface area contributed by atoms with E-state index in [0.717, 1.165) is 27.6 Å². The average molecular weight is 499 g/mol. The second-order valence-corrected chi connectivity index (χ2v) is 8.29. The van der Waals surface area contributed by atoms with E-state index in [9.17, 15) is 4.79 Å². The number of hydrogen-bond donors (Lipinski definition) is 1. The van der Waals surface area contributed by atoms with Crippen LogP contribution in [0.4, 0.5) is 5.69 Å². The van der Waals surface area contributed by atoms with Crippen LogP contribution in [0.25, 0.3) is 29.1 Å². The Morgan fingerprint density at radius 3 is 2.11 bits per heavy atom. The number of fused-ring (bicyclic) bond motifs is 1. The fourth-order valence-corrected chi connectivity index (χ4v) is 4.15. The van der Waals surface area contributed by atoms with Crippen molar-refractivity contribution in [3.05, 3.63) is 83.6 Å². The topological polar surface area (TPSA) is 71.0 Å². The summed E-state index contributed by atoms with van der Waals surface area (Å²) in [6.45, 7) is 0. The number of para-hydroxylation sites is 1. The van der Waals surface area contributed by atoms with Gasteiger partial charge >= 0.3 is 0 Å². The van der Waals surface area contributed by atoms with E-state index in [1.807, 2.05) is 84.6 Å². The van der Waals surface area contributed by atoms with Crippen LogP contribution in [0.2, 0.25) is 0 Å². The van der Waals surface area contributed by atoms with Crippen LogP contribution in [0.15, 0.2) is 66.9 Å². The summed E-state index contributed by atoms with van der Waals surface area (Å²) in [5, 5.41) is 3.99. The zero-order valence-electron chi connectivity index (χ0n) is 21.6. The van der Waals surface area contributed by atoms with Crippen LogP contribution in [-0.2, 0) is 11.8 Å². The van der Waals surface area contributed by atoms with Gasteiger partial charge in [-0.25, -0.2) is 0 Å². The molecule has 0 aliphatic heterocycles. The number of carbonyl (C=O) groups is 1. The maximum absolute atomic E-state index is 12.7. The highest BCUT2D eigenvalue weighted by atomic mass is 16.5. The first-order valence-corrected chi connectivity index (χ1v) is 11.7. The first kappa shape index (κ1) is 25.4. The number of aryl methyl sites for hydroxylation is 1. The number of anilines is 1. The van der Waals surface area contributed by atoms with Crippen molar-refractivity contribution in [2.75, 3.05) is 33.8 Å². The van der Waals surface area contributed by atoms with Crippen LogP contribution in [-0.4, -0.2) is 38.9 Å². The smallest absolute Gasteiger partial charge is 0.248 e. The van der Waals surface area contributed by atoms with Crippen molar-refractivity contribution >= 4 is 40.7 Å². The summed E-state index contributed by atoms with van der Waals surface area (Å²) >= 11 is 0. The van der Waals surface area contributed by atoms with Crippen LogP contribution in [0, 0.1) is 0 Å². The van der Waals surface area contributed by atoms with Crippen LogP contribution >= 0.6 is 0 Å². The van der Waals surface area contributed by atoms with E-state index in [-0.39, 0.29) is 5.91 Å². The molecule has 0 spiro atoms. The molecule has 1 heterocycles. The summed E-state index contributed by atoms with van der Waals surface area (Å²) in [5.74, 6) is 2.01. The summed E-state index contributed by atoms with van der Waals surface area (Å²) < 4.78 is 23.8. The summed E-state index contributed by atoms with van der Waals surface area (Å²) in [6, 6.07) is 17.4. The molecule has 7 heteroatoms. The Morgan fingerprint density at radius 1 is 0.784 bits per heavy atom. The normalized spacial score (nSPS) is 11.3. The molecule has 0 fully saturated rings. The van der Waals surface area contributed by atoms with E-state index < -0.39 is 0 Å². The SMILES string of the molecule is COc1cc(/C=C/c2cc(OC)c(OC)c(OC)c2)ccc1NC(=O)/C=C/c1cn(C)c2ccccc12. The molecule has 0 aliphatic carbocycles. The lowest BCUT2D eigenvalue weighted by Gasteiger charge is -2.13. The Hall–Kier alpha value is -4.65. The molecule has 0 saturated heterocycles. The number of rotatable bonds is 9. The van der Waals surface area contributed by atoms with E-state index in [1.165, 1.54) is 6.08 Å². The van der Waals surface area contributed by atoms with Gasteiger partial charge in [0.2, 0.25) is 11.7 Å². The average Bonchev–Trinajstić information content (AvgIpc) is 3.25. The van der Waals surface area contributed by atoms with E-state index in [1.54, 1.807) is 28.4 Å². The molecule has 1 N–H and O–H groups in total. The monoisotopic (exact) mass is 498 g/mol. The fourth-order valence-electron chi connectivity index (χ4n) is 4.15. The molecule has 0 aliphatic rings. The molecule has 37 heavy (non-hydrogen) atoms. The molecule has 7 nitrogen and oxygen atoms in total. The molecular formula is C30H30N2O5. The lowest BCUT2D eigenvalue weighted by atomic mass is 10.1. The van der Waals surface area contributed by atoms with Crippen LogP contribution in [0.1, 0.15) is 16.7 Å². The minimum absolute atomic E-state index is 0.244. The van der Waals surface area contributed by atoms with Gasteiger partial charge in [0.05, 0.1) is 34.1 Å². The van der Waals surface area contributed by atoms with Crippen molar-refractivity contribution in [1.29, 1.82) is 0 Å². The number of hydrogen-bond acceptors (Lipinski definition) is 5. The Bertz CT molecular complexity index is 1460. The molecule has 1 amide bonds. The van der Waals surface area contributed by atoms with Crippen molar-refractivity contribution in [2.24, 2.45) is 7.05 Å². The second kappa shape index (κ2) is 11.4. The van der Waals surface area contributed by atoms with E-state index in [0.29, 0.717) is 28.7 Å². The quantitative estimate of drug-likeness (QED) is 0.225. The summed E-state index contributed by atoms with van der Waals surface area (Å²) in [5.41, 5.74) is 4.45. The first-order valence-electron chi connectivity index (χ1n) is 11.7. The van der Waals surface area contributed by atoms with Gasteiger partial charge in [0.25, 0.3) is 0 Å². The molecule has 1 aromatic heterocycles. The third-order valence-electron chi connectivity index (χ3n) is 5.98. The highest BCUT2D eigenvalue weighted by molar-refractivity contribution is 6.04. The third-order valence-corrected chi connectivity index (χ3v) is 5.98. The second-order valence-electron chi connectivity index (χ2n) is 8.29. The number of carbonyl (C=O) groups excluding carboxylic acids is 1. The number of methoxy groups -OCH3 is 4. The molecular weight excluding hydrogens is 468 g/mol. The molecule has 3 aromatic carbocycles. The number of aromatic nitrogens is 1. The lowest BCUT2D eigenvalue weighted by molar-refractivity contribution is -0.111. The van der Waals surface area contributed by atoms with Crippen molar-refractivity contribution in [2.45, 2.75) is 0 Å². The van der Waals surface area contributed by atoms with Gasteiger partial charge < -0.3 is 28.8 Å². The first-order chi connectivity index (χ1) is 18.0. The Kier molecular flexibility index (Phi) is 7.83. The molecule has 4 rings (SSSR count). The Morgan fingerprint density at radius 2 is 1.43 bits per heavy atom. The van der Waals surface area contributed by atoms with Gasteiger partial charge in [-0.15, -0.1) is 0 Å². The standard InChI is InChI=1S/C30H30N2O5/c1-32-19-22(23-8-6-7-9-25(23)32)13-15-29(33)31-24-14-12-20(16-26(24)34-2)10-11-21-17-27(35-3)30(37-5)28(18-21)36-4/h6-19H,1-5H3,(H,31,33)/b11-10+,15-13+. The number of nitrogens with one attached hydrogen (secondary N) is 1. The Balaban J connectivity index is 1.50. The van der Waals surface area contributed by atoms with Gasteiger partial charge in [-0.2, -0.15) is 0 Å². The molecule has 4 aromatic rings. The fraction of sp³-hybridized carbons (Fsp3) is 0.167. The van der Waals surface area contributed by atoms with Crippen molar-refractivity contribution in [3.63, 3.8) is 0 Å². The summed E-state index contributed by atoms with van der Waals surface area (Å²) in [4.78, 5) is 12.7. The van der Waals surface area contributed by atoms with Crippen LogP contribution in [0.3, 0.4) is 0 Å². The van der Waals surface area contributed by atoms with E-state index >= 15 is 0 Å². The van der Waals surface area contributed by atoms with Gasteiger partial charge in [0, 0.05) is 35.8 Å². The molecule has 0 bridgehead atoms. The third kappa shape index (κ3) is 5.62. The summed E-state index contributed by atoms with van der Waals surface area (Å²) in [6.07, 6.45) is 9.22. The molecule has 0 radical (unpaired) electrons. The van der Waals surface area contributed by atoms with E-state index in [2.05, 4.69) is 11.4 Å². The molecule has 190 valence electrons. The highest BCUT2D eigenvalue weighted by Crippen LogP contribution is 2.38. The van der Waals surface area contributed by atoms with Gasteiger partial charge in [-0.05, 0) is 47.5 Å². The number of benzene rings is 3. The van der Waals surface area contributed by atoms with Gasteiger partial charge in [0.1, 0.15) is 5.75 Å². The van der Waals surface area contributed by atoms with Crippen LogP contribution in [0.5, 0.6) is 23.0 Å². The largest absolute Gasteiger partial charge is 0.495 e. The minimum atomic E-state index is -0.244. The number of nitrogens with zero attached hydrogens (tertiary/aromatic N) is 1. The van der Waals surface area contributed by atoms with Crippen LogP contribution < -0.4 is 24.3 Å². The highest BCUT2D eigenvalue weighted by Gasteiger charge is 2.12. The molecule has 0 unspecified atom stereocenters.